The van der Waals surface area contributed by atoms with E-state index in [4.69, 9.17) is 9.47 Å². The van der Waals surface area contributed by atoms with Crippen LogP contribution in [0.1, 0.15) is 52.7 Å². The Morgan fingerprint density at radius 2 is 1.66 bits per heavy atom. The maximum absolute atomic E-state index is 13.2. The smallest absolute Gasteiger partial charge is 0.255 e. The van der Waals surface area contributed by atoms with Gasteiger partial charge in [-0.1, -0.05) is 36.8 Å². The third-order valence-corrected chi connectivity index (χ3v) is 7.89. The minimum atomic E-state index is -0.671. The van der Waals surface area contributed by atoms with Gasteiger partial charge < -0.3 is 14.4 Å². The van der Waals surface area contributed by atoms with Crippen LogP contribution < -0.4 is 14.8 Å². The van der Waals surface area contributed by atoms with E-state index in [2.05, 4.69) is 22.3 Å². The Morgan fingerprint density at radius 3 is 2.44 bits per heavy atom. The van der Waals surface area contributed by atoms with Crippen LogP contribution in [0.15, 0.2) is 66.7 Å². The molecule has 3 aliphatic heterocycles. The molecule has 212 valence electrons. The highest BCUT2D eigenvalue weighted by Crippen LogP contribution is 2.34. The van der Waals surface area contributed by atoms with Crippen LogP contribution in [-0.2, 0) is 29.3 Å². The summed E-state index contributed by atoms with van der Waals surface area (Å²) >= 11 is 0. The van der Waals surface area contributed by atoms with Gasteiger partial charge in [0.1, 0.15) is 36.1 Å². The number of likely N-dealkylation sites (tertiary alicyclic amines) is 1. The maximum Gasteiger partial charge on any atom is 0.255 e. The van der Waals surface area contributed by atoms with Gasteiger partial charge in [-0.2, -0.15) is 0 Å². The molecule has 0 radical (unpaired) electrons. The molecular formula is C32H32FN3O5. The van der Waals surface area contributed by atoms with E-state index in [1.165, 1.54) is 17.7 Å². The summed E-state index contributed by atoms with van der Waals surface area (Å²) in [6.45, 7) is 3.07. The number of halogens is 1. The lowest BCUT2D eigenvalue weighted by Crippen LogP contribution is -2.53. The summed E-state index contributed by atoms with van der Waals surface area (Å²) in [5, 5.41) is 2.43. The number of hydrogen-bond donors (Lipinski definition) is 1. The quantitative estimate of drug-likeness (QED) is 0.418. The van der Waals surface area contributed by atoms with Crippen molar-refractivity contribution >= 4 is 17.7 Å². The average molecular weight is 558 g/mol. The van der Waals surface area contributed by atoms with E-state index in [-0.39, 0.29) is 30.3 Å². The number of amides is 3. The molecule has 9 heteroatoms. The minimum Gasteiger partial charge on any atom is -0.489 e. The van der Waals surface area contributed by atoms with Crippen molar-refractivity contribution in [1.82, 2.24) is 15.1 Å². The molecule has 3 aromatic carbocycles. The summed E-state index contributed by atoms with van der Waals surface area (Å²) < 4.78 is 25.1. The molecule has 3 aliphatic rings. The van der Waals surface area contributed by atoms with Crippen LogP contribution in [0.25, 0.3) is 0 Å². The zero-order valence-corrected chi connectivity index (χ0v) is 22.7. The number of nitrogens with one attached hydrogen (secondary N) is 1. The summed E-state index contributed by atoms with van der Waals surface area (Å²) in [5.41, 5.74) is 3.50. The first kappa shape index (κ1) is 27.0. The Morgan fingerprint density at radius 1 is 0.902 bits per heavy atom. The van der Waals surface area contributed by atoms with Gasteiger partial charge in [-0.25, -0.2) is 4.39 Å². The third kappa shape index (κ3) is 6.10. The van der Waals surface area contributed by atoms with Crippen LogP contribution in [0.3, 0.4) is 0 Å². The summed E-state index contributed by atoms with van der Waals surface area (Å²) in [6.07, 6.45) is 2.37. The van der Waals surface area contributed by atoms with E-state index in [1.54, 1.807) is 29.2 Å². The van der Waals surface area contributed by atoms with Crippen LogP contribution in [0.4, 0.5) is 4.39 Å². The molecule has 3 aromatic rings. The fraction of sp³-hybridized carbons (Fsp3) is 0.344. The average Bonchev–Trinajstić information content (AvgIpc) is 3.28. The zero-order valence-electron chi connectivity index (χ0n) is 22.7. The van der Waals surface area contributed by atoms with Crippen LogP contribution in [0, 0.1) is 5.82 Å². The topological polar surface area (TPSA) is 88.2 Å². The van der Waals surface area contributed by atoms with Gasteiger partial charge in [-0.3, -0.25) is 24.6 Å². The largest absolute Gasteiger partial charge is 0.489 e. The number of fused-ring (bicyclic) bond motifs is 1. The van der Waals surface area contributed by atoms with Crippen molar-refractivity contribution < 1.29 is 28.2 Å². The summed E-state index contributed by atoms with van der Waals surface area (Å²) in [6, 6.07) is 19.1. The van der Waals surface area contributed by atoms with Gasteiger partial charge in [0.15, 0.2) is 0 Å². The molecule has 0 aromatic heterocycles. The fourth-order valence-corrected chi connectivity index (χ4v) is 5.64. The molecule has 0 bridgehead atoms. The molecular weight excluding hydrogens is 525 g/mol. The van der Waals surface area contributed by atoms with Crippen molar-refractivity contribution in [2.75, 3.05) is 13.1 Å². The second kappa shape index (κ2) is 11.7. The van der Waals surface area contributed by atoms with Gasteiger partial charge in [-0.15, -0.1) is 0 Å². The first-order chi connectivity index (χ1) is 19.9. The van der Waals surface area contributed by atoms with Crippen molar-refractivity contribution in [3.63, 3.8) is 0 Å². The molecule has 0 aliphatic carbocycles. The Labute approximate surface area is 238 Å². The van der Waals surface area contributed by atoms with Crippen LogP contribution in [0.5, 0.6) is 11.5 Å². The first-order valence-electron chi connectivity index (χ1n) is 14.0. The van der Waals surface area contributed by atoms with Gasteiger partial charge in [0, 0.05) is 37.2 Å². The normalized spacial score (nSPS) is 19.7. The molecule has 1 atom stereocenters. The molecule has 1 N–H and O–H groups in total. The number of imide groups is 1. The standard InChI is InChI=1S/C32H32FN3O5/c33-23-12-14-24(15-13-23)41-25-17-35(18-25)16-21-8-10-22(11-9-21)20-40-29-6-3-4-26-27(29)19-36(32(26)39)28-5-1-2-7-30(37)34-31(28)38/h3-4,6,8-15,25,28H,1-2,5,7,16-20H2,(H,34,37,38). The van der Waals surface area contributed by atoms with E-state index in [1.807, 2.05) is 18.2 Å². The van der Waals surface area contributed by atoms with E-state index < -0.39 is 11.9 Å². The van der Waals surface area contributed by atoms with Gasteiger partial charge in [0.2, 0.25) is 11.8 Å². The predicted molar refractivity (Wildman–Crippen MR) is 149 cm³/mol. The molecule has 0 saturated carbocycles. The van der Waals surface area contributed by atoms with Crippen molar-refractivity contribution in [2.24, 2.45) is 0 Å². The zero-order chi connectivity index (χ0) is 28.3. The van der Waals surface area contributed by atoms with Crippen molar-refractivity contribution in [2.45, 2.75) is 57.5 Å². The SMILES string of the molecule is O=C1CCCCC(N2Cc3c(OCc4ccc(CN5CC(Oc6ccc(F)cc6)C5)cc4)cccc3C2=O)C(=O)N1. The molecule has 2 fully saturated rings. The number of carbonyl (C=O) groups excluding carboxylic acids is 3. The second-order valence-corrected chi connectivity index (χ2v) is 10.9. The maximum atomic E-state index is 13.2. The molecule has 3 amide bonds. The number of rotatable bonds is 8. The monoisotopic (exact) mass is 557 g/mol. The molecule has 2 saturated heterocycles. The van der Waals surface area contributed by atoms with Crippen molar-refractivity contribution in [3.05, 3.63) is 94.8 Å². The van der Waals surface area contributed by atoms with Gasteiger partial charge in [0.25, 0.3) is 5.91 Å². The van der Waals surface area contributed by atoms with E-state index in [0.29, 0.717) is 49.4 Å². The molecule has 8 nitrogen and oxygen atoms in total. The summed E-state index contributed by atoms with van der Waals surface area (Å²) in [4.78, 5) is 41.6. The van der Waals surface area contributed by atoms with Gasteiger partial charge >= 0.3 is 0 Å². The van der Waals surface area contributed by atoms with Crippen LogP contribution in [0.2, 0.25) is 0 Å². The Kier molecular flexibility index (Phi) is 7.69. The minimum absolute atomic E-state index is 0.104. The molecule has 1 unspecified atom stereocenters. The van der Waals surface area contributed by atoms with E-state index in [0.717, 1.165) is 30.8 Å². The second-order valence-electron chi connectivity index (χ2n) is 10.9. The van der Waals surface area contributed by atoms with Crippen LogP contribution >= 0.6 is 0 Å². The van der Waals surface area contributed by atoms with E-state index >= 15 is 0 Å². The first-order valence-corrected chi connectivity index (χ1v) is 14.0. The highest BCUT2D eigenvalue weighted by atomic mass is 19.1. The van der Waals surface area contributed by atoms with Crippen molar-refractivity contribution in [3.8, 4) is 11.5 Å². The molecule has 41 heavy (non-hydrogen) atoms. The summed E-state index contributed by atoms with van der Waals surface area (Å²) in [7, 11) is 0. The Hall–Kier alpha value is -4.24. The summed E-state index contributed by atoms with van der Waals surface area (Å²) in [5.74, 6) is 0.128. The lowest BCUT2D eigenvalue weighted by atomic mass is 10.0. The van der Waals surface area contributed by atoms with Crippen LogP contribution in [-0.4, -0.2) is 52.8 Å². The predicted octanol–water partition coefficient (Wildman–Crippen LogP) is 4.21. The number of hydrogen-bond acceptors (Lipinski definition) is 6. The Balaban J connectivity index is 1.02. The van der Waals surface area contributed by atoms with Crippen molar-refractivity contribution in [1.29, 1.82) is 0 Å². The third-order valence-electron chi connectivity index (χ3n) is 7.89. The molecule has 3 heterocycles. The highest BCUT2D eigenvalue weighted by molar-refractivity contribution is 6.04. The molecule has 0 spiro atoms. The fourth-order valence-electron chi connectivity index (χ4n) is 5.64. The van der Waals surface area contributed by atoms with E-state index in [9.17, 15) is 18.8 Å². The Bertz CT molecular complexity index is 1440. The number of carbonyl (C=O) groups is 3. The number of benzene rings is 3. The number of ether oxygens (including phenoxy) is 2. The number of nitrogens with zero attached hydrogens (tertiary/aromatic N) is 2. The molecule has 6 rings (SSSR count). The van der Waals surface area contributed by atoms with Gasteiger partial charge in [-0.05, 0) is 60.4 Å². The highest BCUT2D eigenvalue weighted by Gasteiger charge is 2.38. The lowest BCUT2D eigenvalue weighted by molar-refractivity contribution is -0.134. The lowest BCUT2D eigenvalue weighted by Gasteiger charge is -2.39. The van der Waals surface area contributed by atoms with Gasteiger partial charge in [0.05, 0.1) is 6.54 Å².